The van der Waals surface area contributed by atoms with Gasteiger partial charge in [0.1, 0.15) is 11.6 Å². The van der Waals surface area contributed by atoms with Gasteiger partial charge in [0.15, 0.2) is 0 Å². The summed E-state index contributed by atoms with van der Waals surface area (Å²) in [6.07, 6.45) is 0.536. The fourth-order valence-corrected chi connectivity index (χ4v) is 3.24. The number of hydrogen-bond donors (Lipinski definition) is 0. The molecule has 1 aliphatic heterocycles. The summed E-state index contributed by atoms with van der Waals surface area (Å²) in [5, 5.41) is 17.4. The highest BCUT2D eigenvalue weighted by Crippen LogP contribution is 2.37. The minimum atomic E-state index is -0.460. The quantitative estimate of drug-likeness (QED) is 0.461. The van der Waals surface area contributed by atoms with Crippen LogP contribution in [0.2, 0.25) is 0 Å². The van der Waals surface area contributed by atoms with Crippen molar-refractivity contribution in [3.63, 3.8) is 0 Å². The molecule has 0 unspecified atom stereocenters. The van der Waals surface area contributed by atoms with E-state index in [1.165, 1.54) is 36.4 Å². The molecule has 0 bridgehead atoms. The van der Waals surface area contributed by atoms with E-state index in [0.717, 1.165) is 16.8 Å². The lowest BCUT2D eigenvalue weighted by Gasteiger charge is -2.23. The molecule has 0 saturated heterocycles. The lowest BCUT2D eigenvalue weighted by atomic mass is 9.98. The molecule has 1 atom stereocenters. The summed E-state index contributed by atoms with van der Waals surface area (Å²) >= 11 is 0. The first-order valence-electron chi connectivity index (χ1n) is 8.64. The highest BCUT2D eigenvalue weighted by molar-refractivity contribution is 6.03. The lowest BCUT2D eigenvalue weighted by molar-refractivity contribution is -0.384. The molecule has 0 amide bonds. The van der Waals surface area contributed by atoms with E-state index < -0.39 is 4.92 Å². The predicted octanol–water partition coefficient (Wildman–Crippen LogP) is 5.23. The van der Waals surface area contributed by atoms with Crippen LogP contribution < -0.4 is 5.01 Å². The van der Waals surface area contributed by atoms with Crippen molar-refractivity contribution in [1.29, 1.82) is 0 Å². The van der Waals surface area contributed by atoms with Crippen molar-refractivity contribution < 1.29 is 13.7 Å². The number of rotatable bonds is 4. The number of non-ortho nitro benzene ring substituents is 1. The number of nitro benzene ring substituents is 1. The summed E-state index contributed by atoms with van der Waals surface area (Å²) in [5.41, 5.74) is 3.08. The number of benzene rings is 3. The fourth-order valence-electron chi connectivity index (χ4n) is 3.24. The normalized spacial score (nSPS) is 16.1. The summed E-state index contributed by atoms with van der Waals surface area (Å²) < 4.78 is 26.6. The average Bonchev–Trinajstić information content (AvgIpc) is 3.14. The van der Waals surface area contributed by atoms with Crippen molar-refractivity contribution in [2.45, 2.75) is 12.5 Å². The fraction of sp³-hybridized carbons (Fsp3) is 0.0952. The second kappa shape index (κ2) is 7.19. The first kappa shape index (κ1) is 17.8. The third kappa shape index (κ3) is 3.46. The van der Waals surface area contributed by atoms with Crippen molar-refractivity contribution in [3.05, 3.63) is 106 Å². The Morgan fingerprint density at radius 3 is 2.04 bits per heavy atom. The molecule has 0 spiro atoms. The number of halogens is 2. The second-order valence-electron chi connectivity index (χ2n) is 6.44. The van der Waals surface area contributed by atoms with E-state index in [2.05, 4.69) is 5.10 Å². The van der Waals surface area contributed by atoms with Crippen LogP contribution in [-0.2, 0) is 0 Å². The summed E-state index contributed by atoms with van der Waals surface area (Å²) in [6, 6.07) is 18.1. The van der Waals surface area contributed by atoms with Crippen molar-refractivity contribution in [1.82, 2.24) is 0 Å². The predicted molar refractivity (Wildman–Crippen MR) is 102 cm³/mol. The first-order valence-corrected chi connectivity index (χ1v) is 8.64. The van der Waals surface area contributed by atoms with E-state index in [4.69, 9.17) is 0 Å². The van der Waals surface area contributed by atoms with E-state index in [9.17, 15) is 18.9 Å². The van der Waals surface area contributed by atoms with E-state index in [1.54, 1.807) is 41.4 Å². The first-order chi connectivity index (χ1) is 13.5. The van der Waals surface area contributed by atoms with Crippen LogP contribution in [0.1, 0.15) is 23.6 Å². The van der Waals surface area contributed by atoms with Crippen molar-refractivity contribution in [3.8, 4) is 0 Å². The van der Waals surface area contributed by atoms with E-state index in [1.807, 2.05) is 0 Å². The summed E-state index contributed by atoms with van der Waals surface area (Å²) in [6.45, 7) is 0. The van der Waals surface area contributed by atoms with Crippen LogP contribution in [0, 0.1) is 21.7 Å². The molecule has 1 heterocycles. The largest absolute Gasteiger partial charge is 0.269 e. The highest BCUT2D eigenvalue weighted by Gasteiger charge is 2.30. The molecule has 0 N–H and O–H groups in total. The Kier molecular flexibility index (Phi) is 4.57. The number of nitrogens with zero attached hydrogens (tertiary/aromatic N) is 3. The van der Waals surface area contributed by atoms with Crippen LogP contribution in [0.3, 0.4) is 0 Å². The minimum absolute atomic E-state index is 0.0102. The zero-order valence-electron chi connectivity index (χ0n) is 14.6. The van der Waals surface area contributed by atoms with Crippen LogP contribution in [0.5, 0.6) is 0 Å². The molecule has 0 aliphatic carbocycles. The molecule has 0 saturated carbocycles. The van der Waals surface area contributed by atoms with Crippen molar-refractivity contribution >= 4 is 17.1 Å². The third-order valence-corrected chi connectivity index (χ3v) is 4.67. The van der Waals surface area contributed by atoms with Gasteiger partial charge in [-0.3, -0.25) is 15.1 Å². The topological polar surface area (TPSA) is 58.7 Å². The molecule has 28 heavy (non-hydrogen) atoms. The van der Waals surface area contributed by atoms with Gasteiger partial charge in [0, 0.05) is 18.6 Å². The van der Waals surface area contributed by atoms with Crippen molar-refractivity contribution in [2.24, 2.45) is 5.10 Å². The molecular formula is C21H15F2N3O2. The third-order valence-electron chi connectivity index (χ3n) is 4.67. The number of anilines is 1. The van der Waals surface area contributed by atoms with Crippen LogP contribution >= 0.6 is 0 Å². The Morgan fingerprint density at radius 1 is 0.893 bits per heavy atom. The molecule has 7 heteroatoms. The zero-order chi connectivity index (χ0) is 19.7. The van der Waals surface area contributed by atoms with Gasteiger partial charge >= 0.3 is 0 Å². The van der Waals surface area contributed by atoms with Gasteiger partial charge < -0.3 is 0 Å². The molecule has 0 radical (unpaired) electrons. The molecule has 3 aromatic rings. The molecule has 0 fully saturated rings. The molecule has 140 valence electrons. The molecular weight excluding hydrogens is 364 g/mol. The van der Waals surface area contributed by atoms with Gasteiger partial charge in [0.25, 0.3) is 5.69 Å². The number of nitro groups is 1. The smallest absolute Gasteiger partial charge is 0.258 e. The van der Waals surface area contributed by atoms with Gasteiger partial charge in [-0.1, -0.05) is 24.3 Å². The van der Waals surface area contributed by atoms with Gasteiger partial charge in [-0.05, 0) is 47.5 Å². The SMILES string of the molecule is O=[N+]([O-])c1ccc(N2N=C(c3ccc(F)cc3)C[C@H]2c2ccc(F)cc2)cc1. The maximum atomic E-state index is 13.4. The molecule has 1 aliphatic rings. The lowest BCUT2D eigenvalue weighted by Crippen LogP contribution is -2.18. The van der Waals surface area contributed by atoms with Gasteiger partial charge in [-0.25, -0.2) is 8.78 Å². The number of hydrogen-bond acceptors (Lipinski definition) is 4. The van der Waals surface area contributed by atoms with Crippen LogP contribution in [0.4, 0.5) is 20.2 Å². The van der Waals surface area contributed by atoms with Crippen LogP contribution in [0.15, 0.2) is 77.9 Å². The van der Waals surface area contributed by atoms with Gasteiger partial charge in [-0.15, -0.1) is 0 Å². The van der Waals surface area contributed by atoms with Gasteiger partial charge in [0.2, 0.25) is 0 Å². The highest BCUT2D eigenvalue weighted by atomic mass is 19.1. The van der Waals surface area contributed by atoms with E-state index in [-0.39, 0.29) is 23.4 Å². The Hall–Kier alpha value is -3.61. The Balaban J connectivity index is 1.73. The Morgan fingerprint density at radius 2 is 1.46 bits per heavy atom. The van der Waals surface area contributed by atoms with Crippen LogP contribution in [0.25, 0.3) is 0 Å². The molecule has 3 aromatic carbocycles. The van der Waals surface area contributed by atoms with Crippen molar-refractivity contribution in [2.75, 3.05) is 5.01 Å². The second-order valence-corrected chi connectivity index (χ2v) is 6.44. The summed E-state index contributed by atoms with van der Waals surface area (Å²) in [5.74, 6) is -0.659. The average molecular weight is 379 g/mol. The monoisotopic (exact) mass is 379 g/mol. The zero-order valence-corrected chi connectivity index (χ0v) is 14.6. The van der Waals surface area contributed by atoms with Gasteiger partial charge in [-0.2, -0.15) is 5.10 Å². The van der Waals surface area contributed by atoms with Gasteiger partial charge in [0.05, 0.1) is 22.4 Å². The molecule has 0 aromatic heterocycles. The summed E-state index contributed by atoms with van der Waals surface area (Å²) in [4.78, 5) is 10.5. The Labute approximate surface area is 159 Å². The maximum absolute atomic E-state index is 13.4. The summed E-state index contributed by atoms with van der Waals surface area (Å²) in [7, 11) is 0. The maximum Gasteiger partial charge on any atom is 0.269 e. The van der Waals surface area contributed by atoms with E-state index >= 15 is 0 Å². The number of hydrazone groups is 1. The molecule has 4 rings (SSSR count). The minimum Gasteiger partial charge on any atom is -0.258 e. The van der Waals surface area contributed by atoms with Crippen LogP contribution in [-0.4, -0.2) is 10.6 Å². The molecule has 5 nitrogen and oxygen atoms in total. The van der Waals surface area contributed by atoms with E-state index in [0.29, 0.717) is 12.1 Å². The Bertz CT molecular complexity index is 1030. The standard InChI is InChI=1S/C21H15F2N3O2/c22-16-5-1-14(2-6-16)20-13-21(15-3-7-17(23)8-4-15)25(24-20)18-9-11-19(12-10-18)26(27)28/h1-12,21H,13H2/t21-/m0/s1.